The van der Waals surface area contributed by atoms with Crippen LogP contribution in [0.3, 0.4) is 0 Å². The van der Waals surface area contributed by atoms with Gasteiger partial charge in [0, 0.05) is 37.4 Å². The van der Waals surface area contributed by atoms with Gasteiger partial charge in [0.25, 0.3) is 0 Å². The maximum atomic E-state index is 12.6. The van der Waals surface area contributed by atoms with Gasteiger partial charge in [-0.05, 0) is 31.4 Å². The number of fused-ring (bicyclic) bond motifs is 1. The predicted octanol–water partition coefficient (Wildman–Crippen LogP) is 2.36. The summed E-state index contributed by atoms with van der Waals surface area (Å²) >= 11 is 0. The first kappa shape index (κ1) is 13.4. The van der Waals surface area contributed by atoms with Crippen LogP contribution in [0.15, 0.2) is 36.8 Å². The fourth-order valence-electron chi connectivity index (χ4n) is 3.21. The number of aromatic nitrogens is 2. The number of rotatable bonds is 4. The van der Waals surface area contributed by atoms with E-state index in [2.05, 4.69) is 33.1 Å². The monoisotopic (exact) mass is 296 g/mol. The number of carbonyl (C=O) groups is 1. The lowest BCUT2D eigenvalue weighted by atomic mass is 10.1. The lowest BCUT2D eigenvalue weighted by Gasteiger charge is -2.38. The fourth-order valence-corrected chi connectivity index (χ4v) is 3.21. The van der Waals surface area contributed by atoms with Gasteiger partial charge in [-0.25, -0.2) is 4.98 Å². The number of amides is 1. The molecular weight excluding hydrogens is 276 g/mol. The van der Waals surface area contributed by atoms with Crippen molar-refractivity contribution >= 4 is 17.3 Å². The Labute approximate surface area is 130 Å². The second kappa shape index (κ2) is 5.48. The molecule has 4 rings (SSSR count). The average molecular weight is 296 g/mol. The average Bonchev–Trinajstić information content (AvgIpc) is 3.27. The summed E-state index contributed by atoms with van der Waals surface area (Å²) in [6, 6.07) is 8.97. The van der Waals surface area contributed by atoms with E-state index in [0.717, 1.165) is 24.5 Å². The van der Waals surface area contributed by atoms with Gasteiger partial charge in [0.2, 0.25) is 5.91 Å². The predicted molar refractivity (Wildman–Crippen MR) is 86.1 cm³/mol. The highest BCUT2D eigenvalue weighted by molar-refractivity contribution is 5.98. The molecule has 5 heteroatoms. The fraction of sp³-hybridized carbons (Fsp3) is 0.412. The number of imidazole rings is 1. The lowest BCUT2D eigenvalue weighted by molar-refractivity contribution is -0.118. The summed E-state index contributed by atoms with van der Waals surface area (Å²) in [4.78, 5) is 24.1. The van der Waals surface area contributed by atoms with Crippen LogP contribution in [0.4, 0.5) is 11.4 Å². The smallest absolute Gasteiger partial charge is 0.227 e. The van der Waals surface area contributed by atoms with Gasteiger partial charge in [-0.2, -0.15) is 0 Å². The number of hydrogen-bond acceptors (Lipinski definition) is 3. The second-order valence-electron chi connectivity index (χ2n) is 6.04. The number of nitrogens with zero attached hydrogens (tertiary/aromatic N) is 3. The van der Waals surface area contributed by atoms with Crippen LogP contribution in [-0.4, -0.2) is 35.0 Å². The highest BCUT2D eigenvalue weighted by Gasteiger charge is 2.35. The minimum absolute atomic E-state index is 0.192. The van der Waals surface area contributed by atoms with E-state index in [1.807, 2.05) is 11.0 Å². The summed E-state index contributed by atoms with van der Waals surface area (Å²) in [6.45, 7) is 1.73. The van der Waals surface area contributed by atoms with Crippen LogP contribution >= 0.6 is 0 Å². The molecule has 1 aliphatic carbocycles. The third-order valence-corrected chi connectivity index (χ3v) is 4.50. The van der Waals surface area contributed by atoms with E-state index in [4.69, 9.17) is 0 Å². The van der Waals surface area contributed by atoms with Gasteiger partial charge in [0.05, 0.1) is 17.7 Å². The zero-order valence-corrected chi connectivity index (χ0v) is 12.5. The first-order chi connectivity index (χ1) is 10.8. The minimum atomic E-state index is 0.192. The highest BCUT2D eigenvalue weighted by atomic mass is 16.2. The lowest BCUT2D eigenvalue weighted by Crippen LogP contribution is -2.45. The van der Waals surface area contributed by atoms with Gasteiger partial charge in [-0.1, -0.05) is 12.1 Å². The van der Waals surface area contributed by atoms with Crippen molar-refractivity contribution in [3.05, 3.63) is 42.5 Å². The van der Waals surface area contributed by atoms with Crippen LogP contribution in [-0.2, 0) is 11.2 Å². The van der Waals surface area contributed by atoms with E-state index in [0.29, 0.717) is 18.9 Å². The van der Waals surface area contributed by atoms with Gasteiger partial charge >= 0.3 is 0 Å². The molecule has 0 radical (unpaired) electrons. The molecule has 0 atom stereocenters. The van der Waals surface area contributed by atoms with Crippen LogP contribution in [0.2, 0.25) is 0 Å². The van der Waals surface area contributed by atoms with Crippen molar-refractivity contribution in [2.24, 2.45) is 0 Å². The number of hydrogen-bond donors (Lipinski definition) is 1. The van der Waals surface area contributed by atoms with Crippen molar-refractivity contribution in [3.63, 3.8) is 0 Å². The summed E-state index contributed by atoms with van der Waals surface area (Å²) in [6.07, 6.45) is 7.23. The quantitative estimate of drug-likeness (QED) is 0.942. The molecule has 1 N–H and O–H groups in total. The zero-order valence-electron chi connectivity index (χ0n) is 12.5. The molecule has 1 aliphatic heterocycles. The molecule has 0 spiro atoms. The van der Waals surface area contributed by atoms with Crippen LogP contribution in [0.5, 0.6) is 0 Å². The van der Waals surface area contributed by atoms with E-state index in [1.54, 1.807) is 12.5 Å². The molecule has 0 bridgehead atoms. The van der Waals surface area contributed by atoms with Gasteiger partial charge in [0.15, 0.2) is 0 Å². The molecule has 2 heterocycles. The highest BCUT2D eigenvalue weighted by Crippen LogP contribution is 2.39. The maximum absolute atomic E-state index is 12.6. The largest absolute Gasteiger partial charge is 0.365 e. The Balaban J connectivity index is 1.51. The summed E-state index contributed by atoms with van der Waals surface area (Å²) < 4.78 is 0. The Morgan fingerprint density at radius 1 is 1.23 bits per heavy atom. The number of benzene rings is 1. The summed E-state index contributed by atoms with van der Waals surface area (Å²) in [7, 11) is 0. The molecule has 114 valence electrons. The Kier molecular flexibility index (Phi) is 3.33. The van der Waals surface area contributed by atoms with Gasteiger partial charge in [-0.3, -0.25) is 4.79 Å². The van der Waals surface area contributed by atoms with Crippen molar-refractivity contribution in [1.82, 2.24) is 9.97 Å². The Bertz CT molecular complexity index is 663. The summed E-state index contributed by atoms with van der Waals surface area (Å²) in [5.74, 6) is 0.192. The number of aromatic amines is 1. The van der Waals surface area contributed by atoms with Crippen molar-refractivity contribution in [2.45, 2.75) is 31.7 Å². The van der Waals surface area contributed by atoms with E-state index >= 15 is 0 Å². The van der Waals surface area contributed by atoms with Crippen LogP contribution in [0.25, 0.3) is 0 Å². The molecule has 0 unspecified atom stereocenters. The second-order valence-corrected chi connectivity index (χ2v) is 6.04. The standard InChI is InChI=1S/C17H20N4O/c22-17(8-5-13-11-18-12-19-13)21-10-9-20(14-6-7-14)15-3-1-2-4-16(15)21/h1-4,11-12,14H,5-10H2,(H,18,19). The first-order valence-electron chi connectivity index (χ1n) is 7.96. The van der Waals surface area contributed by atoms with Crippen LogP contribution < -0.4 is 9.80 Å². The number of carbonyl (C=O) groups excluding carboxylic acids is 1. The van der Waals surface area contributed by atoms with E-state index in [-0.39, 0.29) is 5.91 Å². The molecule has 1 amide bonds. The molecule has 0 saturated heterocycles. The van der Waals surface area contributed by atoms with E-state index < -0.39 is 0 Å². The third-order valence-electron chi connectivity index (χ3n) is 4.50. The Hall–Kier alpha value is -2.30. The van der Waals surface area contributed by atoms with Gasteiger partial charge < -0.3 is 14.8 Å². The van der Waals surface area contributed by atoms with E-state index in [1.165, 1.54) is 18.5 Å². The number of nitrogens with one attached hydrogen (secondary N) is 1. The van der Waals surface area contributed by atoms with Gasteiger partial charge in [0.1, 0.15) is 0 Å². The number of aryl methyl sites for hydroxylation is 1. The maximum Gasteiger partial charge on any atom is 0.227 e. The van der Waals surface area contributed by atoms with Crippen molar-refractivity contribution < 1.29 is 4.79 Å². The number of anilines is 2. The third kappa shape index (κ3) is 2.47. The number of H-pyrrole nitrogens is 1. The molecule has 2 aromatic rings. The summed E-state index contributed by atoms with van der Waals surface area (Å²) in [5, 5.41) is 0. The van der Waals surface area contributed by atoms with Crippen molar-refractivity contribution in [3.8, 4) is 0 Å². The minimum Gasteiger partial charge on any atom is -0.365 e. The number of para-hydroxylation sites is 2. The van der Waals surface area contributed by atoms with Gasteiger partial charge in [-0.15, -0.1) is 0 Å². The topological polar surface area (TPSA) is 52.2 Å². The van der Waals surface area contributed by atoms with Crippen LogP contribution in [0.1, 0.15) is 25.0 Å². The molecule has 5 nitrogen and oxygen atoms in total. The first-order valence-corrected chi connectivity index (χ1v) is 7.96. The molecule has 1 saturated carbocycles. The molecule has 1 fully saturated rings. The van der Waals surface area contributed by atoms with E-state index in [9.17, 15) is 4.79 Å². The Morgan fingerprint density at radius 3 is 2.77 bits per heavy atom. The van der Waals surface area contributed by atoms with Crippen molar-refractivity contribution in [2.75, 3.05) is 22.9 Å². The summed E-state index contributed by atoms with van der Waals surface area (Å²) in [5.41, 5.74) is 3.29. The normalized spacial score (nSPS) is 17.5. The Morgan fingerprint density at radius 2 is 2.05 bits per heavy atom. The molecule has 1 aromatic heterocycles. The van der Waals surface area contributed by atoms with Crippen LogP contribution in [0, 0.1) is 0 Å². The molecule has 2 aliphatic rings. The molecular formula is C17H20N4O. The zero-order chi connectivity index (χ0) is 14.9. The molecule has 1 aromatic carbocycles. The molecule has 22 heavy (non-hydrogen) atoms. The van der Waals surface area contributed by atoms with Crippen molar-refractivity contribution in [1.29, 1.82) is 0 Å². The SMILES string of the molecule is O=C(CCc1cnc[nH]1)N1CCN(C2CC2)c2ccccc21.